The minimum Gasteiger partial charge on any atom is -0.502 e. The normalized spacial score (nSPS) is 11.8. The van der Waals surface area contributed by atoms with Crippen LogP contribution in [0.3, 0.4) is 0 Å². The molecule has 0 fully saturated rings. The summed E-state index contributed by atoms with van der Waals surface area (Å²) in [5.74, 6) is -0.914. The van der Waals surface area contributed by atoms with E-state index in [1.54, 1.807) is 0 Å². The lowest BCUT2D eigenvalue weighted by Crippen LogP contribution is -2.26. The van der Waals surface area contributed by atoms with Crippen molar-refractivity contribution < 1.29 is 14.8 Å². The van der Waals surface area contributed by atoms with Crippen molar-refractivity contribution >= 4 is 22.9 Å². The van der Waals surface area contributed by atoms with Gasteiger partial charge in [0, 0.05) is 16.5 Å². The molecule has 2 N–H and O–H groups in total. The highest BCUT2D eigenvalue weighted by Crippen LogP contribution is 2.26. The number of hydrogen-bond donors (Lipinski definition) is 2. The Balaban J connectivity index is 2.14. The number of benzene rings is 1. The first-order valence-electron chi connectivity index (χ1n) is 5.80. The van der Waals surface area contributed by atoms with Gasteiger partial charge in [0.05, 0.1) is 11.0 Å². The van der Waals surface area contributed by atoms with Crippen LogP contribution in [0.15, 0.2) is 35.7 Å². The van der Waals surface area contributed by atoms with Gasteiger partial charge in [-0.3, -0.25) is 14.9 Å². The maximum atomic E-state index is 12.0. The zero-order valence-electron chi connectivity index (χ0n) is 10.6. The summed E-state index contributed by atoms with van der Waals surface area (Å²) >= 11 is 1.52. The molecule has 1 amide bonds. The van der Waals surface area contributed by atoms with E-state index in [2.05, 4.69) is 5.32 Å². The van der Waals surface area contributed by atoms with E-state index in [4.69, 9.17) is 0 Å². The van der Waals surface area contributed by atoms with E-state index in [0.29, 0.717) is 0 Å². The maximum absolute atomic E-state index is 12.0. The largest absolute Gasteiger partial charge is 0.502 e. The molecule has 0 saturated heterocycles. The topological polar surface area (TPSA) is 92.5 Å². The van der Waals surface area contributed by atoms with Crippen LogP contribution in [0, 0.1) is 10.1 Å². The van der Waals surface area contributed by atoms with Crippen molar-refractivity contribution in [3.63, 3.8) is 0 Å². The Morgan fingerprint density at radius 1 is 1.45 bits per heavy atom. The van der Waals surface area contributed by atoms with E-state index in [1.807, 2.05) is 24.4 Å². The van der Waals surface area contributed by atoms with Gasteiger partial charge in [-0.2, -0.15) is 0 Å². The van der Waals surface area contributed by atoms with Gasteiger partial charge in [0.2, 0.25) is 0 Å². The molecular formula is C13H12N2O4S. The van der Waals surface area contributed by atoms with Gasteiger partial charge in [-0.25, -0.2) is 0 Å². The number of phenolic OH excluding ortho intramolecular Hbond substituents is 1. The molecule has 0 aliphatic rings. The summed E-state index contributed by atoms with van der Waals surface area (Å²) in [7, 11) is 0. The first-order chi connectivity index (χ1) is 9.49. The fourth-order valence-electron chi connectivity index (χ4n) is 1.71. The molecule has 6 nitrogen and oxygen atoms in total. The van der Waals surface area contributed by atoms with E-state index < -0.39 is 22.3 Å². The third kappa shape index (κ3) is 2.94. The average molecular weight is 292 g/mol. The van der Waals surface area contributed by atoms with Crippen molar-refractivity contribution in [2.45, 2.75) is 13.0 Å². The molecular weight excluding hydrogens is 280 g/mol. The number of nitro groups is 1. The van der Waals surface area contributed by atoms with Gasteiger partial charge in [-0.1, -0.05) is 6.07 Å². The molecule has 2 aromatic rings. The number of nitrogens with one attached hydrogen (secondary N) is 1. The lowest BCUT2D eigenvalue weighted by Gasteiger charge is -2.12. The summed E-state index contributed by atoms with van der Waals surface area (Å²) in [4.78, 5) is 22.9. The smallest absolute Gasteiger partial charge is 0.310 e. The summed E-state index contributed by atoms with van der Waals surface area (Å²) in [5, 5.41) is 24.8. The second-order valence-corrected chi connectivity index (χ2v) is 5.15. The zero-order valence-corrected chi connectivity index (χ0v) is 11.4. The highest BCUT2D eigenvalue weighted by molar-refractivity contribution is 7.10. The standard InChI is InChI=1S/C13H12N2O4S/c1-8(12-3-2-6-20-12)14-13(17)9-4-5-10(15(18)19)11(16)7-9/h2-8,16H,1H3,(H,14,17)/t8-/m0/s1. The summed E-state index contributed by atoms with van der Waals surface area (Å²) in [6.07, 6.45) is 0. The number of amides is 1. The van der Waals surface area contributed by atoms with Crippen LogP contribution in [0.4, 0.5) is 5.69 Å². The minimum absolute atomic E-state index is 0.167. The number of nitro benzene ring substituents is 1. The number of thiophene rings is 1. The van der Waals surface area contributed by atoms with Crippen molar-refractivity contribution in [3.05, 3.63) is 56.3 Å². The van der Waals surface area contributed by atoms with E-state index in [1.165, 1.54) is 17.4 Å². The van der Waals surface area contributed by atoms with Gasteiger partial charge in [0.1, 0.15) is 0 Å². The molecule has 0 spiro atoms. The van der Waals surface area contributed by atoms with Crippen LogP contribution in [0.2, 0.25) is 0 Å². The number of phenols is 1. The number of nitrogens with zero attached hydrogens (tertiary/aromatic N) is 1. The summed E-state index contributed by atoms with van der Waals surface area (Å²) < 4.78 is 0. The van der Waals surface area contributed by atoms with Crippen molar-refractivity contribution in [2.24, 2.45) is 0 Å². The summed E-state index contributed by atoms with van der Waals surface area (Å²) in [6, 6.07) is 7.14. The van der Waals surface area contributed by atoms with E-state index in [0.717, 1.165) is 17.0 Å². The van der Waals surface area contributed by atoms with Gasteiger partial charge < -0.3 is 10.4 Å². The Morgan fingerprint density at radius 3 is 2.75 bits per heavy atom. The highest BCUT2D eigenvalue weighted by Gasteiger charge is 2.17. The molecule has 1 aromatic carbocycles. The van der Waals surface area contributed by atoms with E-state index in [-0.39, 0.29) is 11.6 Å². The van der Waals surface area contributed by atoms with Gasteiger partial charge in [-0.05, 0) is 30.5 Å². The van der Waals surface area contributed by atoms with Crippen molar-refractivity contribution in [1.82, 2.24) is 5.32 Å². The molecule has 2 rings (SSSR count). The van der Waals surface area contributed by atoms with Gasteiger partial charge in [0.25, 0.3) is 5.91 Å². The molecule has 0 bridgehead atoms. The maximum Gasteiger partial charge on any atom is 0.310 e. The molecule has 1 heterocycles. The predicted molar refractivity (Wildman–Crippen MR) is 75.0 cm³/mol. The Labute approximate surface area is 118 Å². The fourth-order valence-corrected chi connectivity index (χ4v) is 2.44. The molecule has 0 aliphatic carbocycles. The Kier molecular flexibility index (Phi) is 3.99. The third-order valence-electron chi connectivity index (χ3n) is 2.75. The minimum atomic E-state index is -0.703. The first-order valence-corrected chi connectivity index (χ1v) is 6.68. The predicted octanol–water partition coefficient (Wildman–Crippen LogP) is 2.85. The molecule has 7 heteroatoms. The Morgan fingerprint density at radius 2 is 2.20 bits per heavy atom. The Hall–Kier alpha value is -2.41. The molecule has 20 heavy (non-hydrogen) atoms. The Bertz CT molecular complexity index is 640. The average Bonchev–Trinajstić information content (AvgIpc) is 2.91. The monoisotopic (exact) mass is 292 g/mol. The van der Waals surface area contributed by atoms with E-state index in [9.17, 15) is 20.0 Å². The van der Waals surface area contributed by atoms with E-state index >= 15 is 0 Å². The van der Waals surface area contributed by atoms with Crippen LogP contribution >= 0.6 is 11.3 Å². The van der Waals surface area contributed by atoms with Crippen LogP contribution in [0.5, 0.6) is 5.75 Å². The summed E-state index contributed by atoms with van der Waals surface area (Å²) in [5.41, 5.74) is -0.246. The van der Waals surface area contributed by atoms with Crippen LogP contribution in [0.25, 0.3) is 0 Å². The number of carbonyl (C=O) groups excluding carboxylic acids is 1. The lowest BCUT2D eigenvalue weighted by atomic mass is 10.1. The molecule has 0 saturated carbocycles. The number of rotatable bonds is 4. The fraction of sp³-hybridized carbons (Fsp3) is 0.154. The third-order valence-corrected chi connectivity index (χ3v) is 3.81. The molecule has 1 atom stereocenters. The molecule has 0 aliphatic heterocycles. The van der Waals surface area contributed by atoms with Crippen LogP contribution in [0.1, 0.15) is 28.2 Å². The quantitative estimate of drug-likeness (QED) is 0.669. The zero-order chi connectivity index (χ0) is 14.7. The molecule has 0 radical (unpaired) electrons. The second kappa shape index (κ2) is 5.70. The second-order valence-electron chi connectivity index (χ2n) is 4.17. The van der Waals surface area contributed by atoms with Gasteiger partial charge in [-0.15, -0.1) is 11.3 Å². The van der Waals surface area contributed by atoms with Crippen molar-refractivity contribution in [1.29, 1.82) is 0 Å². The highest BCUT2D eigenvalue weighted by atomic mass is 32.1. The van der Waals surface area contributed by atoms with Crippen molar-refractivity contribution in [3.8, 4) is 5.75 Å². The lowest BCUT2D eigenvalue weighted by molar-refractivity contribution is -0.385. The summed E-state index contributed by atoms with van der Waals surface area (Å²) in [6.45, 7) is 1.84. The first kappa shape index (κ1) is 14.0. The van der Waals surface area contributed by atoms with Gasteiger partial charge in [0.15, 0.2) is 5.75 Å². The molecule has 104 valence electrons. The van der Waals surface area contributed by atoms with Crippen LogP contribution < -0.4 is 5.32 Å². The van der Waals surface area contributed by atoms with Crippen LogP contribution in [-0.4, -0.2) is 15.9 Å². The number of aromatic hydroxyl groups is 1. The van der Waals surface area contributed by atoms with Crippen molar-refractivity contribution in [2.75, 3.05) is 0 Å². The number of carbonyl (C=O) groups is 1. The van der Waals surface area contributed by atoms with Gasteiger partial charge >= 0.3 is 5.69 Å². The molecule has 0 unspecified atom stereocenters. The molecule has 1 aromatic heterocycles. The van der Waals surface area contributed by atoms with Crippen LogP contribution in [-0.2, 0) is 0 Å². The SMILES string of the molecule is C[C@H](NC(=O)c1ccc([N+](=O)[O-])c(O)c1)c1cccs1. The number of hydrogen-bond acceptors (Lipinski definition) is 5.